The Morgan fingerprint density at radius 1 is 1.18 bits per heavy atom. The maximum Gasteiger partial charge on any atom is 0.191 e. The smallest absolute Gasteiger partial charge is 0.191 e. The number of rotatable bonds is 6. The quantitative estimate of drug-likeness (QED) is 0.219. The zero-order valence-corrected chi connectivity index (χ0v) is 16.0. The number of nitrogens with two attached hydrogens (primary N) is 1. The van der Waals surface area contributed by atoms with Gasteiger partial charge in [0.1, 0.15) is 5.75 Å². The summed E-state index contributed by atoms with van der Waals surface area (Å²) in [6.07, 6.45) is 8.06. The minimum Gasteiger partial charge on any atom is -0.503 e. The second kappa shape index (κ2) is 7.92. The van der Waals surface area contributed by atoms with Gasteiger partial charge in [-0.15, -0.1) is 0 Å². The van der Waals surface area contributed by atoms with Crippen LogP contribution in [0.1, 0.15) is 15.9 Å². The number of allylic oxidation sites excluding steroid dienone is 3. The van der Waals surface area contributed by atoms with Gasteiger partial charge in [-0.25, -0.2) is 0 Å². The molecule has 0 atom stereocenters. The number of fused-ring (bicyclic) bond motifs is 1. The van der Waals surface area contributed by atoms with Crippen LogP contribution < -0.4 is 15.4 Å². The lowest BCUT2D eigenvalue weighted by atomic mass is 10.0. The lowest BCUT2D eigenvalue weighted by Crippen LogP contribution is -2.07. The first-order valence-corrected chi connectivity index (χ1v) is 8.66. The molecule has 0 aliphatic heterocycles. The number of ether oxygens (including phenoxy) is 1. The van der Waals surface area contributed by atoms with Crippen LogP contribution in [0.3, 0.4) is 0 Å². The Labute approximate surface area is 163 Å². The van der Waals surface area contributed by atoms with Crippen molar-refractivity contribution < 1.29 is 19.1 Å². The summed E-state index contributed by atoms with van der Waals surface area (Å²) in [6.45, 7) is 0. The van der Waals surface area contributed by atoms with Gasteiger partial charge in [-0.3, -0.25) is 4.79 Å². The van der Waals surface area contributed by atoms with E-state index in [1.807, 2.05) is 49.3 Å². The van der Waals surface area contributed by atoms with Gasteiger partial charge in [0.15, 0.2) is 17.1 Å². The van der Waals surface area contributed by atoms with Gasteiger partial charge in [0.25, 0.3) is 0 Å². The molecule has 0 bridgehead atoms. The number of nitrogens with zero attached hydrogens (tertiary/aromatic N) is 1. The van der Waals surface area contributed by atoms with Crippen LogP contribution in [-0.4, -0.2) is 32.1 Å². The number of hydrogen-bond donors (Lipinski definition) is 2. The SMILES string of the molecule is COc1c(C(=O)/C=C/C=C/c2ccc(N(C)C)cc2)c(N)c(O)c2occc12. The van der Waals surface area contributed by atoms with E-state index in [2.05, 4.69) is 0 Å². The number of aromatic hydroxyl groups is 1. The van der Waals surface area contributed by atoms with E-state index in [1.54, 1.807) is 18.2 Å². The van der Waals surface area contributed by atoms with Crippen LogP contribution in [0.4, 0.5) is 11.4 Å². The molecule has 3 rings (SSSR count). The van der Waals surface area contributed by atoms with Crippen molar-refractivity contribution in [3.05, 3.63) is 65.9 Å². The monoisotopic (exact) mass is 378 g/mol. The fraction of sp³-hybridized carbons (Fsp3) is 0.136. The molecule has 2 aromatic carbocycles. The second-order valence-electron chi connectivity index (χ2n) is 6.40. The topological polar surface area (TPSA) is 88.9 Å². The summed E-state index contributed by atoms with van der Waals surface area (Å²) in [5.74, 6) is -0.369. The summed E-state index contributed by atoms with van der Waals surface area (Å²) in [5.41, 5.74) is 8.30. The van der Waals surface area contributed by atoms with E-state index in [-0.39, 0.29) is 34.1 Å². The molecule has 3 aromatic rings. The third kappa shape index (κ3) is 3.57. The Morgan fingerprint density at radius 3 is 2.54 bits per heavy atom. The zero-order valence-electron chi connectivity index (χ0n) is 16.0. The predicted molar refractivity (Wildman–Crippen MR) is 112 cm³/mol. The highest BCUT2D eigenvalue weighted by molar-refractivity contribution is 6.15. The third-order valence-electron chi connectivity index (χ3n) is 4.38. The third-order valence-corrected chi connectivity index (χ3v) is 4.38. The Balaban J connectivity index is 1.83. The molecule has 0 unspecified atom stereocenters. The molecule has 0 fully saturated rings. The van der Waals surface area contributed by atoms with E-state index in [0.29, 0.717) is 5.39 Å². The Bertz CT molecular complexity index is 1060. The standard InChI is InChI=1S/C22H22N2O4/c1-24(2)15-10-8-14(9-11-15)6-4-5-7-17(25)18-19(23)20(26)22-16(12-13-28-22)21(18)27-3/h4-13,26H,23H2,1-3H3/b6-4+,7-5+. The van der Waals surface area contributed by atoms with E-state index in [9.17, 15) is 9.90 Å². The molecule has 144 valence electrons. The van der Waals surface area contributed by atoms with Crippen LogP contribution in [0.15, 0.2) is 59.2 Å². The number of carbonyl (C=O) groups excluding carboxylic acids is 1. The van der Waals surface area contributed by atoms with Crippen molar-refractivity contribution in [2.75, 3.05) is 31.8 Å². The molecule has 1 aromatic heterocycles. The number of methoxy groups -OCH3 is 1. The van der Waals surface area contributed by atoms with Crippen molar-refractivity contribution in [3.8, 4) is 11.5 Å². The number of carbonyl (C=O) groups is 1. The normalized spacial score (nSPS) is 11.5. The maximum atomic E-state index is 12.7. The molecule has 3 N–H and O–H groups in total. The van der Waals surface area contributed by atoms with E-state index in [1.165, 1.54) is 19.4 Å². The summed E-state index contributed by atoms with van der Waals surface area (Å²) in [7, 11) is 5.41. The molecule has 0 radical (unpaired) electrons. The number of phenols is 1. The number of benzene rings is 2. The van der Waals surface area contributed by atoms with E-state index in [0.717, 1.165) is 11.3 Å². The zero-order chi connectivity index (χ0) is 20.3. The lowest BCUT2D eigenvalue weighted by Gasteiger charge is -2.11. The molecule has 0 aliphatic rings. The minimum atomic E-state index is -0.375. The van der Waals surface area contributed by atoms with Crippen LogP contribution in [0.5, 0.6) is 11.5 Å². The van der Waals surface area contributed by atoms with Crippen molar-refractivity contribution in [3.63, 3.8) is 0 Å². The highest BCUT2D eigenvalue weighted by atomic mass is 16.5. The highest BCUT2D eigenvalue weighted by Crippen LogP contribution is 2.42. The van der Waals surface area contributed by atoms with Crippen LogP contribution in [0.2, 0.25) is 0 Å². The number of ketones is 1. The average molecular weight is 378 g/mol. The molecule has 28 heavy (non-hydrogen) atoms. The van der Waals surface area contributed by atoms with Gasteiger partial charge < -0.3 is 24.9 Å². The Hall–Kier alpha value is -3.67. The van der Waals surface area contributed by atoms with Crippen LogP contribution in [0.25, 0.3) is 17.0 Å². The molecule has 1 heterocycles. The fourth-order valence-electron chi connectivity index (χ4n) is 2.90. The van der Waals surface area contributed by atoms with Crippen LogP contribution in [0, 0.1) is 0 Å². The van der Waals surface area contributed by atoms with Crippen molar-refractivity contribution in [2.24, 2.45) is 0 Å². The van der Waals surface area contributed by atoms with E-state index >= 15 is 0 Å². The Kier molecular flexibility index (Phi) is 5.40. The van der Waals surface area contributed by atoms with E-state index in [4.69, 9.17) is 14.9 Å². The van der Waals surface area contributed by atoms with Crippen molar-refractivity contribution in [1.29, 1.82) is 0 Å². The largest absolute Gasteiger partial charge is 0.503 e. The number of hydrogen-bond acceptors (Lipinski definition) is 6. The van der Waals surface area contributed by atoms with Gasteiger partial charge in [0.05, 0.1) is 30.0 Å². The van der Waals surface area contributed by atoms with E-state index < -0.39 is 0 Å². The molecular weight excluding hydrogens is 356 g/mol. The van der Waals surface area contributed by atoms with Crippen molar-refractivity contribution >= 4 is 34.2 Å². The average Bonchev–Trinajstić information content (AvgIpc) is 3.17. The van der Waals surface area contributed by atoms with Gasteiger partial charge >= 0.3 is 0 Å². The van der Waals surface area contributed by atoms with Gasteiger partial charge in [-0.1, -0.05) is 30.4 Å². The van der Waals surface area contributed by atoms with Gasteiger partial charge in [-0.2, -0.15) is 0 Å². The number of anilines is 2. The fourth-order valence-corrected chi connectivity index (χ4v) is 2.90. The maximum absolute atomic E-state index is 12.7. The molecule has 6 nitrogen and oxygen atoms in total. The van der Waals surface area contributed by atoms with Crippen LogP contribution in [-0.2, 0) is 0 Å². The first-order valence-electron chi connectivity index (χ1n) is 8.66. The van der Waals surface area contributed by atoms with Gasteiger partial charge in [0, 0.05) is 19.8 Å². The summed E-state index contributed by atoms with van der Waals surface area (Å²) in [4.78, 5) is 14.7. The van der Waals surface area contributed by atoms with Gasteiger partial charge in [-0.05, 0) is 29.8 Å². The van der Waals surface area contributed by atoms with Crippen molar-refractivity contribution in [1.82, 2.24) is 0 Å². The van der Waals surface area contributed by atoms with Crippen molar-refractivity contribution in [2.45, 2.75) is 0 Å². The first kappa shape index (κ1) is 19.1. The Morgan fingerprint density at radius 2 is 1.89 bits per heavy atom. The second-order valence-corrected chi connectivity index (χ2v) is 6.40. The summed E-state index contributed by atoms with van der Waals surface area (Å²) >= 11 is 0. The molecule has 0 amide bonds. The van der Waals surface area contributed by atoms with Crippen LogP contribution >= 0.6 is 0 Å². The molecule has 6 heteroatoms. The summed E-state index contributed by atoms with van der Waals surface area (Å²) < 4.78 is 10.6. The predicted octanol–water partition coefficient (Wildman–Crippen LogP) is 4.25. The molecule has 0 spiro atoms. The highest BCUT2D eigenvalue weighted by Gasteiger charge is 2.23. The molecular formula is C22H22N2O4. The molecule has 0 saturated carbocycles. The molecule has 0 aliphatic carbocycles. The lowest BCUT2D eigenvalue weighted by molar-refractivity contribution is 0.104. The number of furan rings is 1. The molecule has 0 saturated heterocycles. The minimum absolute atomic E-state index is 0.0720. The first-order chi connectivity index (χ1) is 13.4. The van der Waals surface area contributed by atoms with Gasteiger partial charge in [0.2, 0.25) is 0 Å². The number of phenolic OH excluding ortho intramolecular Hbond substituents is 1. The summed E-state index contributed by atoms with van der Waals surface area (Å²) in [5, 5.41) is 10.7. The number of nitrogen functional groups attached to an aromatic ring is 1. The summed E-state index contributed by atoms with van der Waals surface area (Å²) in [6, 6.07) is 9.64.